The molecule has 8 nitrogen and oxygen atoms in total. The summed E-state index contributed by atoms with van der Waals surface area (Å²) in [6.07, 6.45) is 3.32. The molecule has 0 spiro atoms. The Hall–Kier alpha value is -2.81. The van der Waals surface area contributed by atoms with Crippen molar-refractivity contribution in [1.29, 1.82) is 0 Å². The van der Waals surface area contributed by atoms with Crippen LogP contribution in [0.25, 0.3) is 0 Å². The topological polar surface area (TPSA) is 95.5 Å². The fraction of sp³-hybridized carbons (Fsp3) is 0.500. The van der Waals surface area contributed by atoms with E-state index in [0.717, 1.165) is 23.5 Å². The number of hydrogen-bond donors (Lipinski definition) is 1. The zero-order valence-corrected chi connectivity index (χ0v) is 18.4. The van der Waals surface area contributed by atoms with Gasteiger partial charge >= 0.3 is 0 Å². The summed E-state index contributed by atoms with van der Waals surface area (Å²) in [5, 5.41) is 12.5. The average molecular weight is 442 g/mol. The molecule has 4 rings (SSSR count). The van der Waals surface area contributed by atoms with Crippen molar-refractivity contribution < 1.29 is 14.4 Å². The number of piperidine rings is 1. The van der Waals surface area contributed by atoms with Gasteiger partial charge in [0.25, 0.3) is 0 Å². The number of aryl methyl sites for hydroxylation is 1. The predicted molar refractivity (Wildman–Crippen MR) is 119 cm³/mol. The zero-order valence-electron chi connectivity index (χ0n) is 17.6. The van der Waals surface area contributed by atoms with Gasteiger partial charge < -0.3 is 15.1 Å². The lowest BCUT2D eigenvalue weighted by Gasteiger charge is -2.32. The van der Waals surface area contributed by atoms with Gasteiger partial charge in [-0.3, -0.25) is 14.4 Å². The van der Waals surface area contributed by atoms with Gasteiger partial charge in [0, 0.05) is 44.1 Å². The van der Waals surface area contributed by atoms with Crippen molar-refractivity contribution in [3.8, 4) is 0 Å². The minimum absolute atomic E-state index is 0.0129. The molecular formula is C22H27N5O3S. The Kier molecular flexibility index (Phi) is 6.60. The van der Waals surface area contributed by atoms with Crippen LogP contribution in [0.1, 0.15) is 37.6 Å². The maximum Gasteiger partial charge on any atom is 0.229 e. The van der Waals surface area contributed by atoms with Gasteiger partial charge in [0.2, 0.25) is 22.9 Å². The van der Waals surface area contributed by atoms with Gasteiger partial charge in [-0.1, -0.05) is 36.5 Å². The van der Waals surface area contributed by atoms with Crippen LogP contribution in [-0.2, 0) is 20.8 Å². The fourth-order valence-corrected chi connectivity index (χ4v) is 5.02. The summed E-state index contributed by atoms with van der Waals surface area (Å²) in [6, 6.07) is 9.46. The molecule has 2 aromatic rings. The highest BCUT2D eigenvalue weighted by molar-refractivity contribution is 7.15. The Morgan fingerprint density at radius 1 is 1.13 bits per heavy atom. The Labute approximate surface area is 185 Å². The maximum absolute atomic E-state index is 13.0. The molecule has 2 aliphatic rings. The number of anilines is 2. The summed E-state index contributed by atoms with van der Waals surface area (Å²) >= 11 is 1.42. The minimum atomic E-state index is -0.323. The highest BCUT2D eigenvalue weighted by Gasteiger charge is 2.38. The molecule has 2 aliphatic heterocycles. The van der Waals surface area contributed by atoms with E-state index in [-0.39, 0.29) is 36.0 Å². The molecule has 0 saturated carbocycles. The number of aromatic nitrogens is 2. The number of likely N-dealkylation sites (tertiary alicyclic amines) is 1. The van der Waals surface area contributed by atoms with E-state index in [1.165, 1.54) is 11.3 Å². The first-order valence-electron chi connectivity index (χ1n) is 10.8. The van der Waals surface area contributed by atoms with Crippen LogP contribution in [0.4, 0.5) is 10.8 Å². The second kappa shape index (κ2) is 9.55. The van der Waals surface area contributed by atoms with Crippen molar-refractivity contribution in [1.82, 2.24) is 15.1 Å². The second-order valence-corrected chi connectivity index (χ2v) is 9.14. The number of para-hydroxylation sites is 1. The molecular weight excluding hydrogens is 414 g/mol. The quantitative estimate of drug-likeness (QED) is 0.744. The second-order valence-electron chi connectivity index (χ2n) is 8.08. The monoisotopic (exact) mass is 441 g/mol. The molecule has 0 aliphatic carbocycles. The molecule has 2 saturated heterocycles. The molecule has 0 radical (unpaired) electrons. The van der Waals surface area contributed by atoms with Crippen molar-refractivity contribution in [2.24, 2.45) is 11.8 Å². The van der Waals surface area contributed by atoms with E-state index in [1.54, 1.807) is 9.80 Å². The lowest BCUT2D eigenvalue weighted by Crippen LogP contribution is -2.44. The van der Waals surface area contributed by atoms with Gasteiger partial charge in [0.15, 0.2) is 0 Å². The summed E-state index contributed by atoms with van der Waals surface area (Å²) in [5.41, 5.74) is 0.831. The molecule has 1 N–H and O–H groups in total. The molecule has 1 atom stereocenters. The van der Waals surface area contributed by atoms with Gasteiger partial charge in [-0.15, -0.1) is 10.2 Å². The number of carbonyl (C=O) groups excluding carboxylic acids is 3. The normalized spacial score (nSPS) is 19.6. The molecule has 3 amide bonds. The van der Waals surface area contributed by atoms with Crippen LogP contribution in [0.3, 0.4) is 0 Å². The van der Waals surface area contributed by atoms with E-state index in [1.807, 2.05) is 30.3 Å². The van der Waals surface area contributed by atoms with E-state index in [2.05, 4.69) is 22.4 Å². The number of carbonyl (C=O) groups is 3. The predicted octanol–water partition coefficient (Wildman–Crippen LogP) is 2.72. The van der Waals surface area contributed by atoms with Gasteiger partial charge in [-0.05, 0) is 31.4 Å². The van der Waals surface area contributed by atoms with E-state index < -0.39 is 0 Å². The summed E-state index contributed by atoms with van der Waals surface area (Å²) in [7, 11) is 0. The number of nitrogens with one attached hydrogen (secondary N) is 1. The van der Waals surface area contributed by atoms with E-state index in [4.69, 9.17) is 0 Å². The molecule has 3 heterocycles. The van der Waals surface area contributed by atoms with Gasteiger partial charge in [0.1, 0.15) is 5.01 Å². The van der Waals surface area contributed by atoms with Gasteiger partial charge in [0.05, 0.1) is 5.92 Å². The maximum atomic E-state index is 13.0. The third-order valence-electron chi connectivity index (χ3n) is 5.88. The lowest BCUT2D eigenvalue weighted by molar-refractivity contribution is -0.138. The summed E-state index contributed by atoms with van der Waals surface area (Å²) in [5.74, 6) is -0.528. The Bertz CT molecular complexity index is 940. The standard InChI is InChI=1S/C22H27N5O3S/c1-2-6-18-24-25-22(31-18)23-20(29)15-9-11-26(12-10-15)21(30)16-13-19(28)27(14-16)17-7-4-3-5-8-17/h3-5,7-8,15-16H,2,6,9-14H2,1H3,(H,23,25,29). The number of hydrogen-bond acceptors (Lipinski definition) is 6. The summed E-state index contributed by atoms with van der Waals surface area (Å²) in [6.45, 7) is 3.56. The molecule has 164 valence electrons. The van der Waals surface area contributed by atoms with Crippen LogP contribution in [0.2, 0.25) is 0 Å². The third kappa shape index (κ3) is 4.92. The molecule has 1 unspecified atom stereocenters. The first-order valence-corrected chi connectivity index (χ1v) is 11.6. The molecule has 1 aromatic carbocycles. The van der Waals surface area contributed by atoms with Crippen molar-refractivity contribution in [2.45, 2.75) is 39.0 Å². The first-order chi connectivity index (χ1) is 15.0. The molecule has 9 heteroatoms. The zero-order chi connectivity index (χ0) is 21.8. The van der Waals surface area contributed by atoms with Crippen LogP contribution in [0.15, 0.2) is 30.3 Å². The van der Waals surface area contributed by atoms with Crippen molar-refractivity contribution in [2.75, 3.05) is 29.9 Å². The van der Waals surface area contributed by atoms with Crippen molar-refractivity contribution in [3.05, 3.63) is 35.3 Å². The Balaban J connectivity index is 1.28. The lowest BCUT2D eigenvalue weighted by atomic mass is 9.94. The van der Waals surface area contributed by atoms with Crippen LogP contribution >= 0.6 is 11.3 Å². The van der Waals surface area contributed by atoms with Crippen molar-refractivity contribution >= 4 is 39.9 Å². The van der Waals surface area contributed by atoms with Crippen LogP contribution in [0, 0.1) is 11.8 Å². The number of benzene rings is 1. The fourth-order valence-electron chi connectivity index (χ4n) is 4.18. The summed E-state index contributed by atoms with van der Waals surface area (Å²) < 4.78 is 0. The largest absolute Gasteiger partial charge is 0.342 e. The Morgan fingerprint density at radius 2 is 1.87 bits per heavy atom. The van der Waals surface area contributed by atoms with Crippen LogP contribution in [0.5, 0.6) is 0 Å². The van der Waals surface area contributed by atoms with Gasteiger partial charge in [-0.25, -0.2) is 0 Å². The number of nitrogens with zero attached hydrogens (tertiary/aromatic N) is 4. The highest BCUT2D eigenvalue weighted by Crippen LogP contribution is 2.28. The highest BCUT2D eigenvalue weighted by atomic mass is 32.1. The number of amides is 3. The number of rotatable bonds is 6. The summed E-state index contributed by atoms with van der Waals surface area (Å²) in [4.78, 5) is 41.5. The molecule has 2 fully saturated rings. The van der Waals surface area contributed by atoms with Crippen molar-refractivity contribution in [3.63, 3.8) is 0 Å². The van der Waals surface area contributed by atoms with E-state index in [0.29, 0.717) is 37.6 Å². The van der Waals surface area contributed by atoms with Crippen LogP contribution in [-0.4, -0.2) is 52.5 Å². The van der Waals surface area contributed by atoms with Gasteiger partial charge in [-0.2, -0.15) is 0 Å². The van der Waals surface area contributed by atoms with E-state index >= 15 is 0 Å². The van der Waals surface area contributed by atoms with E-state index in [9.17, 15) is 14.4 Å². The molecule has 31 heavy (non-hydrogen) atoms. The SMILES string of the molecule is CCCc1nnc(NC(=O)C2CCN(C(=O)C3CC(=O)N(c4ccccc4)C3)CC2)s1. The minimum Gasteiger partial charge on any atom is -0.342 e. The molecule has 0 bridgehead atoms. The third-order valence-corrected chi connectivity index (χ3v) is 6.78. The smallest absolute Gasteiger partial charge is 0.229 e. The Morgan fingerprint density at radius 3 is 2.58 bits per heavy atom. The first kappa shape index (κ1) is 21.4. The average Bonchev–Trinajstić information content (AvgIpc) is 3.40. The van der Waals surface area contributed by atoms with Crippen LogP contribution < -0.4 is 10.2 Å². The molecule has 1 aromatic heterocycles.